The molecule has 0 aliphatic rings. The van der Waals surface area contributed by atoms with E-state index in [1.807, 2.05) is 18.2 Å². The van der Waals surface area contributed by atoms with E-state index in [1.54, 1.807) is 0 Å². The van der Waals surface area contributed by atoms with Crippen molar-refractivity contribution in [2.75, 3.05) is 6.54 Å². The van der Waals surface area contributed by atoms with Crippen molar-refractivity contribution in [1.82, 2.24) is 0 Å². The van der Waals surface area contributed by atoms with Gasteiger partial charge in [-0.15, -0.1) is 0 Å². The quantitative estimate of drug-likeness (QED) is 0.826. The molecule has 0 saturated heterocycles. The average Bonchev–Trinajstić information content (AvgIpc) is 2.50. The molecule has 2 rings (SSSR count). The lowest BCUT2D eigenvalue weighted by molar-refractivity contribution is 0.469. The second kappa shape index (κ2) is 7.28. The molecule has 0 heterocycles. The number of aryl methyl sites for hydroxylation is 1. The van der Waals surface area contributed by atoms with Crippen LogP contribution in [0, 0.1) is 6.92 Å². The largest absolute Gasteiger partial charge is 0.457 e. The fourth-order valence-electron chi connectivity index (χ4n) is 2.50. The van der Waals surface area contributed by atoms with Crippen molar-refractivity contribution >= 4 is 0 Å². The molecule has 2 N–H and O–H groups in total. The Morgan fingerprint density at radius 2 is 1.90 bits per heavy atom. The van der Waals surface area contributed by atoms with E-state index in [0.29, 0.717) is 12.5 Å². The second-order valence-electron chi connectivity index (χ2n) is 5.58. The van der Waals surface area contributed by atoms with Crippen LogP contribution in [-0.2, 0) is 6.42 Å². The molecule has 2 heteroatoms. The molecule has 0 aliphatic carbocycles. The van der Waals surface area contributed by atoms with Crippen LogP contribution in [0.25, 0.3) is 0 Å². The number of hydrogen-bond acceptors (Lipinski definition) is 2. The molecule has 2 aromatic rings. The zero-order valence-electron chi connectivity index (χ0n) is 13.2. The van der Waals surface area contributed by atoms with Gasteiger partial charge in [-0.1, -0.05) is 38.1 Å². The van der Waals surface area contributed by atoms with E-state index in [1.165, 1.54) is 16.7 Å². The molecule has 21 heavy (non-hydrogen) atoms. The Labute approximate surface area is 127 Å². The van der Waals surface area contributed by atoms with E-state index in [-0.39, 0.29) is 0 Å². The molecule has 0 aliphatic heterocycles. The minimum Gasteiger partial charge on any atom is -0.457 e. The highest BCUT2D eigenvalue weighted by Gasteiger charge is 2.10. The van der Waals surface area contributed by atoms with Gasteiger partial charge in [-0.05, 0) is 67.1 Å². The highest BCUT2D eigenvalue weighted by molar-refractivity contribution is 5.42. The summed E-state index contributed by atoms with van der Waals surface area (Å²) < 4.78 is 6.12. The number of rotatable bonds is 6. The predicted octanol–water partition coefficient (Wildman–Crippen LogP) is 4.80. The Morgan fingerprint density at radius 3 is 2.57 bits per heavy atom. The van der Waals surface area contributed by atoms with Crippen molar-refractivity contribution < 1.29 is 4.74 Å². The van der Waals surface area contributed by atoms with Crippen molar-refractivity contribution in [3.63, 3.8) is 0 Å². The third-order valence-corrected chi connectivity index (χ3v) is 4.02. The molecule has 2 aromatic carbocycles. The van der Waals surface area contributed by atoms with Gasteiger partial charge in [0.25, 0.3) is 0 Å². The Morgan fingerprint density at radius 1 is 1.14 bits per heavy atom. The van der Waals surface area contributed by atoms with E-state index < -0.39 is 0 Å². The molecular weight excluding hydrogens is 258 g/mol. The number of hydrogen-bond donors (Lipinski definition) is 1. The van der Waals surface area contributed by atoms with Crippen molar-refractivity contribution in [3.8, 4) is 11.5 Å². The maximum Gasteiger partial charge on any atom is 0.130 e. The smallest absolute Gasteiger partial charge is 0.130 e. The lowest BCUT2D eigenvalue weighted by Gasteiger charge is -2.16. The topological polar surface area (TPSA) is 35.2 Å². The van der Waals surface area contributed by atoms with Gasteiger partial charge in [0.2, 0.25) is 0 Å². The molecule has 0 amide bonds. The zero-order chi connectivity index (χ0) is 15.2. The monoisotopic (exact) mass is 283 g/mol. The van der Waals surface area contributed by atoms with E-state index in [4.69, 9.17) is 10.5 Å². The minimum atomic E-state index is 0.499. The van der Waals surface area contributed by atoms with Gasteiger partial charge < -0.3 is 10.5 Å². The SMILES string of the molecule is CCC(C)c1ccccc1Oc1ccc(CCN)c(C)c1. The number of benzene rings is 2. The molecule has 2 nitrogen and oxygen atoms in total. The first kappa shape index (κ1) is 15.6. The maximum absolute atomic E-state index is 6.12. The van der Waals surface area contributed by atoms with Crippen LogP contribution >= 0.6 is 0 Å². The number of ether oxygens (including phenoxy) is 1. The Balaban J connectivity index is 2.24. The molecule has 1 unspecified atom stereocenters. The summed E-state index contributed by atoms with van der Waals surface area (Å²) in [6.45, 7) is 7.22. The maximum atomic E-state index is 6.12. The molecule has 0 spiro atoms. The van der Waals surface area contributed by atoms with E-state index in [2.05, 4.69) is 45.0 Å². The Kier molecular flexibility index (Phi) is 5.40. The van der Waals surface area contributed by atoms with Crippen LogP contribution in [0.1, 0.15) is 42.9 Å². The van der Waals surface area contributed by atoms with E-state index >= 15 is 0 Å². The number of nitrogens with two attached hydrogens (primary N) is 1. The normalized spacial score (nSPS) is 12.2. The summed E-state index contributed by atoms with van der Waals surface area (Å²) in [5.74, 6) is 2.35. The fraction of sp³-hybridized carbons (Fsp3) is 0.368. The van der Waals surface area contributed by atoms with Crippen LogP contribution in [-0.4, -0.2) is 6.54 Å². The highest BCUT2D eigenvalue weighted by atomic mass is 16.5. The lowest BCUT2D eigenvalue weighted by atomic mass is 9.98. The van der Waals surface area contributed by atoms with Gasteiger partial charge in [-0.3, -0.25) is 0 Å². The Hall–Kier alpha value is -1.80. The average molecular weight is 283 g/mol. The van der Waals surface area contributed by atoms with Crippen LogP contribution in [0.3, 0.4) is 0 Å². The molecule has 0 saturated carbocycles. The summed E-state index contributed by atoms with van der Waals surface area (Å²) in [7, 11) is 0. The summed E-state index contributed by atoms with van der Waals surface area (Å²) in [6, 6.07) is 14.5. The first-order chi connectivity index (χ1) is 10.2. The van der Waals surface area contributed by atoms with Gasteiger partial charge >= 0.3 is 0 Å². The van der Waals surface area contributed by atoms with Crippen molar-refractivity contribution in [1.29, 1.82) is 0 Å². The van der Waals surface area contributed by atoms with Crippen LogP contribution in [0.5, 0.6) is 11.5 Å². The highest BCUT2D eigenvalue weighted by Crippen LogP contribution is 2.32. The van der Waals surface area contributed by atoms with Crippen LogP contribution in [0.4, 0.5) is 0 Å². The summed E-state index contributed by atoms with van der Waals surface area (Å²) in [5.41, 5.74) is 9.42. The van der Waals surface area contributed by atoms with Gasteiger partial charge in [0.05, 0.1) is 0 Å². The standard InChI is InChI=1S/C19H25NO/c1-4-14(2)18-7-5-6-8-19(18)21-17-10-9-16(11-12-20)15(3)13-17/h5-10,13-14H,4,11-12,20H2,1-3H3. The molecule has 0 aromatic heterocycles. The minimum absolute atomic E-state index is 0.499. The zero-order valence-corrected chi connectivity index (χ0v) is 13.2. The summed E-state index contributed by atoms with van der Waals surface area (Å²) >= 11 is 0. The lowest BCUT2D eigenvalue weighted by Crippen LogP contribution is -2.04. The molecular formula is C19H25NO. The molecule has 0 radical (unpaired) electrons. The molecule has 112 valence electrons. The summed E-state index contributed by atoms with van der Waals surface area (Å²) in [6.07, 6.45) is 2.02. The molecule has 0 fully saturated rings. The Bertz CT molecular complexity index is 592. The van der Waals surface area contributed by atoms with Gasteiger partial charge in [-0.2, -0.15) is 0 Å². The number of para-hydroxylation sites is 1. The fourth-order valence-corrected chi connectivity index (χ4v) is 2.50. The summed E-state index contributed by atoms with van der Waals surface area (Å²) in [4.78, 5) is 0. The molecule has 0 bridgehead atoms. The van der Waals surface area contributed by atoms with Crippen LogP contribution in [0.2, 0.25) is 0 Å². The van der Waals surface area contributed by atoms with E-state index in [0.717, 1.165) is 24.3 Å². The van der Waals surface area contributed by atoms with Gasteiger partial charge in [-0.25, -0.2) is 0 Å². The third kappa shape index (κ3) is 3.85. The first-order valence-corrected chi connectivity index (χ1v) is 7.72. The van der Waals surface area contributed by atoms with Crippen molar-refractivity contribution in [3.05, 3.63) is 59.2 Å². The van der Waals surface area contributed by atoms with Gasteiger partial charge in [0.15, 0.2) is 0 Å². The second-order valence-corrected chi connectivity index (χ2v) is 5.58. The van der Waals surface area contributed by atoms with E-state index in [9.17, 15) is 0 Å². The van der Waals surface area contributed by atoms with Crippen LogP contribution in [0.15, 0.2) is 42.5 Å². The van der Waals surface area contributed by atoms with Crippen LogP contribution < -0.4 is 10.5 Å². The third-order valence-electron chi connectivity index (χ3n) is 4.02. The van der Waals surface area contributed by atoms with Crippen molar-refractivity contribution in [2.45, 2.75) is 39.5 Å². The molecule has 1 atom stereocenters. The van der Waals surface area contributed by atoms with Crippen molar-refractivity contribution in [2.24, 2.45) is 5.73 Å². The predicted molar refractivity (Wildman–Crippen MR) is 89.2 cm³/mol. The first-order valence-electron chi connectivity index (χ1n) is 7.72. The van der Waals surface area contributed by atoms with Gasteiger partial charge in [0, 0.05) is 0 Å². The summed E-state index contributed by atoms with van der Waals surface area (Å²) in [5, 5.41) is 0. The van der Waals surface area contributed by atoms with Gasteiger partial charge in [0.1, 0.15) is 11.5 Å².